The summed E-state index contributed by atoms with van der Waals surface area (Å²) in [5, 5.41) is 4.00. The standard InChI is InChI=1S/C17H16N2O/c1-12-4-3-5-15(10-12)18-17(20)14-6-7-16-13(11-14)8-9-19(16)2/h3-11H,1-2H3,(H,18,20). The van der Waals surface area contributed by atoms with E-state index < -0.39 is 0 Å². The molecule has 20 heavy (non-hydrogen) atoms. The van der Waals surface area contributed by atoms with Crippen LogP contribution in [-0.4, -0.2) is 10.5 Å². The van der Waals surface area contributed by atoms with Crippen molar-refractivity contribution in [2.75, 3.05) is 5.32 Å². The zero-order valence-electron chi connectivity index (χ0n) is 11.6. The van der Waals surface area contributed by atoms with Crippen molar-refractivity contribution in [1.29, 1.82) is 0 Å². The van der Waals surface area contributed by atoms with Gasteiger partial charge >= 0.3 is 0 Å². The smallest absolute Gasteiger partial charge is 0.255 e. The fourth-order valence-electron chi connectivity index (χ4n) is 2.35. The maximum atomic E-state index is 12.3. The minimum absolute atomic E-state index is 0.0821. The van der Waals surface area contributed by atoms with Gasteiger partial charge in [-0.2, -0.15) is 0 Å². The monoisotopic (exact) mass is 264 g/mol. The summed E-state index contributed by atoms with van der Waals surface area (Å²) >= 11 is 0. The number of benzene rings is 2. The van der Waals surface area contributed by atoms with E-state index in [1.807, 2.05) is 73.3 Å². The molecule has 1 aromatic heterocycles. The molecule has 0 saturated heterocycles. The van der Waals surface area contributed by atoms with Gasteiger partial charge < -0.3 is 9.88 Å². The number of amides is 1. The fourth-order valence-corrected chi connectivity index (χ4v) is 2.35. The van der Waals surface area contributed by atoms with Crippen LogP contribution in [0.1, 0.15) is 15.9 Å². The molecule has 3 nitrogen and oxygen atoms in total. The highest BCUT2D eigenvalue weighted by atomic mass is 16.1. The molecule has 0 fully saturated rings. The van der Waals surface area contributed by atoms with Crippen molar-refractivity contribution in [2.24, 2.45) is 7.05 Å². The summed E-state index contributed by atoms with van der Waals surface area (Å²) in [6, 6.07) is 15.6. The molecule has 3 rings (SSSR count). The molecule has 0 unspecified atom stereocenters. The van der Waals surface area contributed by atoms with Crippen molar-refractivity contribution in [3.8, 4) is 0 Å². The Hall–Kier alpha value is -2.55. The number of rotatable bonds is 2. The highest BCUT2D eigenvalue weighted by Gasteiger charge is 2.08. The Bertz CT molecular complexity index is 787. The summed E-state index contributed by atoms with van der Waals surface area (Å²) in [6.45, 7) is 2.01. The Morgan fingerprint density at radius 2 is 1.95 bits per heavy atom. The quantitative estimate of drug-likeness (QED) is 0.751. The Kier molecular flexibility index (Phi) is 3.03. The van der Waals surface area contributed by atoms with E-state index in [9.17, 15) is 4.79 Å². The van der Waals surface area contributed by atoms with E-state index in [0.29, 0.717) is 5.56 Å². The lowest BCUT2D eigenvalue weighted by atomic mass is 10.1. The van der Waals surface area contributed by atoms with Gasteiger partial charge in [0.05, 0.1) is 0 Å². The minimum Gasteiger partial charge on any atom is -0.351 e. The first kappa shape index (κ1) is 12.5. The minimum atomic E-state index is -0.0821. The lowest BCUT2D eigenvalue weighted by Gasteiger charge is -2.06. The number of aromatic nitrogens is 1. The van der Waals surface area contributed by atoms with Crippen LogP contribution in [0.5, 0.6) is 0 Å². The van der Waals surface area contributed by atoms with E-state index in [4.69, 9.17) is 0 Å². The molecule has 0 spiro atoms. The van der Waals surface area contributed by atoms with Gasteiger partial charge in [-0.25, -0.2) is 0 Å². The number of hydrogen-bond acceptors (Lipinski definition) is 1. The second-order valence-electron chi connectivity index (χ2n) is 5.02. The van der Waals surface area contributed by atoms with E-state index in [2.05, 4.69) is 5.32 Å². The Balaban J connectivity index is 1.88. The van der Waals surface area contributed by atoms with Crippen molar-refractivity contribution in [1.82, 2.24) is 4.57 Å². The average Bonchev–Trinajstić information content (AvgIpc) is 2.80. The van der Waals surface area contributed by atoms with Crippen LogP contribution < -0.4 is 5.32 Å². The summed E-state index contributed by atoms with van der Waals surface area (Å²) in [6.07, 6.45) is 1.99. The summed E-state index contributed by atoms with van der Waals surface area (Å²) < 4.78 is 2.04. The molecule has 1 N–H and O–H groups in total. The van der Waals surface area contributed by atoms with Crippen LogP contribution in [0, 0.1) is 6.92 Å². The van der Waals surface area contributed by atoms with Crippen LogP contribution in [0.3, 0.4) is 0 Å². The molecule has 3 aromatic rings. The SMILES string of the molecule is Cc1cccc(NC(=O)c2ccc3c(ccn3C)c2)c1. The number of anilines is 1. The first-order valence-electron chi connectivity index (χ1n) is 6.56. The molecule has 0 aliphatic rings. The van der Waals surface area contributed by atoms with Gasteiger partial charge in [0.25, 0.3) is 5.91 Å². The zero-order valence-corrected chi connectivity index (χ0v) is 11.6. The molecular formula is C17H16N2O. The van der Waals surface area contributed by atoms with Gasteiger partial charge in [-0.05, 0) is 48.9 Å². The molecular weight excluding hydrogens is 248 g/mol. The number of hydrogen-bond donors (Lipinski definition) is 1. The van der Waals surface area contributed by atoms with E-state index in [1.165, 1.54) is 0 Å². The Morgan fingerprint density at radius 3 is 2.75 bits per heavy atom. The van der Waals surface area contributed by atoms with Crippen molar-refractivity contribution in [3.63, 3.8) is 0 Å². The second kappa shape index (κ2) is 4.85. The van der Waals surface area contributed by atoms with Crippen molar-refractivity contribution < 1.29 is 4.79 Å². The van der Waals surface area contributed by atoms with Crippen molar-refractivity contribution in [2.45, 2.75) is 6.92 Å². The third-order valence-electron chi connectivity index (χ3n) is 3.42. The van der Waals surface area contributed by atoms with Crippen molar-refractivity contribution >= 4 is 22.5 Å². The van der Waals surface area contributed by atoms with Gasteiger partial charge in [-0.3, -0.25) is 4.79 Å². The molecule has 0 aliphatic heterocycles. The summed E-state index contributed by atoms with van der Waals surface area (Å²) in [5.74, 6) is -0.0821. The van der Waals surface area contributed by atoms with Crippen LogP contribution in [-0.2, 0) is 7.05 Å². The molecule has 1 heterocycles. The number of nitrogens with one attached hydrogen (secondary N) is 1. The molecule has 0 saturated carbocycles. The topological polar surface area (TPSA) is 34.0 Å². The number of fused-ring (bicyclic) bond motifs is 1. The summed E-state index contributed by atoms with van der Waals surface area (Å²) in [5.41, 5.74) is 3.74. The molecule has 0 aliphatic carbocycles. The number of carbonyl (C=O) groups excluding carboxylic acids is 1. The predicted molar refractivity (Wildman–Crippen MR) is 82.1 cm³/mol. The fraction of sp³-hybridized carbons (Fsp3) is 0.118. The van der Waals surface area contributed by atoms with Crippen LogP contribution >= 0.6 is 0 Å². The van der Waals surface area contributed by atoms with Gasteiger partial charge in [-0.15, -0.1) is 0 Å². The summed E-state index contributed by atoms with van der Waals surface area (Å²) in [4.78, 5) is 12.3. The third kappa shape index (κ3) is 2.30. The van der Waals surface area contributed by atoms with Gasteiger partial charge in [0.1, 0.15) is 0 Å². The maximum absolute atomic E-state index is 12.3. The molecule has 100 valence electrons. The van der Waals surface area contributed by atoms with Crippen LogP contribution in [0.15, 0.2) is 54.7 Å². The maximum Gasteiger partial charge on any atom is 0.255 e. The van der Waals surface area contributed by atoms with Gasteiger partial charge in [0.2, 0.25) is 0 Å². The first-order chi connectivity index (χ1) is 9.63. The van der Waals surface area contributed by atoms with Gasteiger partial charge in [-0.1, -0.05) is 12.1 Å². The third-order valence-corrected chi connectivity index (χ3v) is 3.42. The summed E-state index contributed by atoms with van der Waals surface area (Å²) in [7, 11) is 1.99. The lowest BCUT2D eigenvalue weighted by molar-refractivity contribution is 0.102. The second-order valence-corrected chi connectivity index (χ2v) is 5.02. The van der Waals surface area contributed by atoms with E-state index in [1.54, 1.807) is 0 Å². The number of aryl methyl sites for hydroxylation is 2. The van der Waals surface area contributed by atoms with Crippen LogP contribution in [0.4, 0.5) is 5.69 Å². The first-order valence-corrected chi connectivity index (χ1v) is 6.56. The number of nitrogens with zero attached hydrogens (tertiary/aromatic N) is 1. The molecule has 2 aromatic carbocycles. The van der Waals surface area contributed by atoms with E-state index in [0.717, 1.165) is 22.2 Å². The highest BCUT2D eigenvalue weighted by molar-refractivity contribution is 6.06. The Morgan fingerprint density at radius 1 is 1.10 bits per heavy atom. The highest BCUT2D eigenvalue weighted by Crippen LogP contribution is 2.18. The van der Waals surface area contributed by atoms with Crippen LogP contribution in [0.25, 0.3) is 10.9 Å². The predicted octanol–water partition coefficient (Wildman–Crippen LogP) is 3.74. The average molecular weight is 264 g/mol. The Labute approximate surface area is 117 Å². The van der Waals surface area contributed by atoms with Crippen molar-refractivity contribution in [3.05, 3.63) is 65.9 Å². The molecule has 0 atom stereocenters. The van der Waals surface area contributed by atoms with Gasteiger partial charge in [0, 0.05) is 35.4 Å². The number of carbonyl (C=O) groups is 1. The van der Waals surface area contributed by atoms with E-state index >= 15 is 0 Å². The molecule has 0 bridgehead atoms. The molecule has 0 radical (unpaired) electrons. The van der Waals surface area contributed by atoms with Gasteiger partial charge in [0.15, 0.2) is 0 Å². The largest absolute Gasteiger partial charge is 0.351 e. The van der Waals surface area contributed by atoms with Crippen LogP contribution in [0.2, 0.25) is 0 Å². The lowest BCUT2D eigenvalue weighted by Crippen LogP contribution is -2.11. The zero-order chi connectivity index (χ0) is 14.1. The molecule has 1 amide bonds. The normalized spacial score (nSPS) is 10.7. The van der Waals surface area contributed by atoms with E-state index in [-0.39, 0.29) is 5.91 Å². The molecule has 3 heteroatoms.